The molecule has 27 heavy (non-hydrogen) atoms. The molecule has 0 bridgehead atoms. The zero-order valence-corrected chi connectivity index (χ0v) is 17.6. The molecule has 148 valence electrons. The van der Waals surface area contributed by atoms with E-state index in [1.807, 2.05) is 23.7 Å². The van der Waals surface area contributed by atoms with Gasteiger partial charge in [0, 0.05) is 32.9 Å². The first-order chi connectivity index (χ1) is 12.8. The van der Waals surface area contributed by atoms with E-state index in [2.05, 4.69) is 66.6 Å². The minimum Gasteiger partial charge on any atom is -0.379 e. The highest BCUT2D eigenvalue weighted by Crippen LogP contribution is 2.21. The van der Waals surface area contributed by atoms with E-state index >= 15 is 0 Å². The van der Waals surface area contributed by atoms with Gasteiger partial charge in [0.05, 0.1) is 17.5 Å². The van der Waals surface area contributed by atoms with Crippen LogP contribution in [-0.2, 0) is 11.3 Å². The van der Waals surface area contributed by atoms with E-state index in [9.17, 15) is 0 Å². The predicted molar refractivity (Wildman–Crippen MR) is 111 cm³/mol. The summed E-state index contributed by atoms with van der Waals surface area (Å²) < 4.78 is 7.60. The van der Waals surface area contributed by atoms with Crippen molar-refractivity contribution in [2.24, 2.45) is 10.4 Å². The lowest BCUT2D eigenvalue weighted by Crippen LogP contribution is -2.45. The second kappa shape index (κ2) is 9.04. The number of nitrogens with zero attached hydrogens (tertiary/aromatic N) is 3. The number of rotatable bonds is 6. The molecule has 2 N–H and O–H groups in total. The highest BCUT2D eigenvalue weighted by atomic mass is 16.5. The van der Waals surface area contributed by atoms with E-state index in [0.717, 1.165) is 28.6 Å². The standard InChI is InChI=1S/C21H33N5O/c1-15-12-16(2)26(25-15)18-11-9-8-10-17(18)13-23-20(22-6)24-14-19(27-7)21(3,4)5/h8-12,19H,13-14H2,1-7H3,(H2,22,23,24). The monoisotopic (exact) mass is 371 g/mol. The second-order valence-electron chi connectivity index (χ2n) is 7.86. The average Bonchev–Trinajstić information content (AvgIpc) is 2.95. The number of para-hydroxylation sites is 1. The number of ether oxygens (including phenoxy) is 1. The third-order valence-electron chi connectivity index (χ3n) is 4.60. The second-order valence-corrected chi connectivity index (χ2v) is 7.86. The van der Waals surface area contributed by atoms with Crippen molar-refractivity contribution in [1.29, 1.82) is 0 Å². The van der Waals surface area contributed by atoms with Crippen LogP contribution in [0.2, 0.25) is 0 Å². The maximum atomic E-state index is 5.61. The summed E-state index contributed by atoms with van der Waals surface area (Å²) in [7, 11) is 3.53. The fourth-order valence-electron chi connectivity index (χ4n) is 3.07. The molecule has 6 heteroatoms. The van der Waals surface area contributed by atoms with E-state index in [-0.39, 0.29) is 11.5 Å². The lowest BCUT2D eigenvalue weighted by molar-refractivity contribution is 0.0205. The lowest BCUT2D eigenvalue weighted by Gasteiger charge is -2.30. The summed E-state index contributed by atoms with van der Waals surface area (Å²) in [5, 5.41) is 11.4. The molecule has 0 spiro atoms. The van der Waals surface area contributed by atoms with Gasteiger partial charge in [-0.3, -0.25) is 4.99 Å². The number of aliphatic imine (C=N–C) groups is 1. The number of aryl methyl sites for hydroxylation is 2. The minimum atomic E-state index is 0.0582. The number of hydrogen-bond acceptors (Lipinski definition) is 3. The summed E-state index contributed by atoms with van der Waals surface area (Å²) in [5.41, 5.74) is 4.43. The predicted octanol–water partition coefficient (Wildman–Crippen LogP) is 3.22. The maximum absolute atomic E-state index is 5.61. The Labute approximate surface area is 163 Å². The van der Waals surface area contributed by atoms with Crippen LogP contribution in [-0.4, -0.2) is 42.5 Å². The molecule has 0 aliphatic heterocycles. The van der Waals surface area contributed by atoms with Crippen molar-refractivity contribution in [1.82, 2.24) is 20.4 Å². The minimum absolute atomic E-state index is 0.0582. The van der Waals surface area contributed by atoms with Gasteiger partial charge in [0.1, 0.15) is 0 Å². The van der Waals surface area contributed by atoms with E-state index in [1.54, 1.807) is 14.2 Å². The molecule has 0 saturated heterocycles. The first-order valence-electron chi connectivity index (χ1n) is 9.35. The highest BCUT2D eigenvalue weighted by molar-refractivity contribution is 5.79. The van der Waals surface area contributed by atoms with E-state index < -0.39 is 0 Å². The summed E-state index contributed by atoms with van der Waals surface area (Å²) in [6.45, 7) is 11.9. The molecule has 6 nitrogen and oxygen atoms in total. The molecule has 1 unspecified atom stereocenters. The van der Waals surface area contributed by atoms with Crippen LogP contribution in [0.15, 0.2) is 35.3 Å². The molecule has 0 saturated carbocycles. The van der Waals surface area contributed by atoms with Crippen molar-refractivity contribution in [2.75, 3.05) is 20.7 Å². The van der Waals surface area contributed by atoms with Crippen LogP contribution < -0.4 is 10.6 Å². The first-order valence-corrected chi connectivity index (χ1v) is 9.35. The smallest absolute Gasteiger partial charge is 0.191 e. The molecule has 0 aliphatic rings. The van der Waals surface area contributed by atoms with Gasteiger partial charge in [-0.15, -0.1) is 0 Å². The number of guanidine groups is 1. The molecule has 0 aliphatic carbocycles. The van der Waals surface area contributed by atoms with Crippen molar-refractivity contribution in [2.45, 2.75) is 47.3 Å². The average molecular weight is 372 g/mol. The van der Waals surface area contributed by atoms with Crippen LogP contribution in [0.5, 0.6) is 0 Å². The van der Waals surface area contributed by atoms with Gasteiger partial charge in [0.15, 0.2) is 5.96 Å². The van der Waals surface area contributed by atoms with Gasteiger partial charge in [-0.2, -0.15) is 5.10 Å². The fraction of sp³-hybridized carbons (Fsp3) is 0.524. The largest absolute Gasteiger partial charge is 0.379 e. The Balaban J connectivity index is 2.06. The summed E-state index contributed by atoms with van der Waals surface area (Å²) in [6.07, 6.45) is 0.0954. The molecule has 0 fully saturated rings. The number of nitrogens with one attached hydrogen (secondary N) is 2. The third kappa shape index (κ3) is 5.57. The highest BCUT2D eigenvalue weighted by Gasteiger charge is 2.24. The van der Waals surface area contributed by atoms with Crippen LogP contribution in [0.4, 0.5) is 0 Å². The van der Waals surface area contributed by atoms with Crippen LogP contribution in [0.1, 0.15) is 37.7 Å². The number of aromatic nitrogens is 2. The van der Waals surface area contributed by atoms with Gasteiger partial charge in [0.2, 0.25) is 0 Å². The van der Waals surface area contributed by atoms with Crippen LogP contribution in [0, 0.1) is 19.3 Å². The van der Waals surface area contributed by atoms with E-state index in [1.165, 1.54) is 0 Å². The number of benzene rings is 1. The number of hydrogen-bond donors (Lipinski definition) is 2. The molecular formula is C21H33N5O. The van der Waals surface area contributed by atoms with Crippen LogP contribution in [0.3, 0.4) is 0 Å². The van der Waals surface area contributed by atoms with Gasteiger partial charge in [0.25, 0.3) is 0 Å². The molecule has 0 amide bonds. The fourth-order valence-corrected chi connectivity index (χ4v) is 3.07. The lowest BCUT2D eigenvalue weighted by atomic mass is 9.89. The first kappa shape index (κ1) is 21.0. The van der Waals surface area contributed by atoms with Crippen molar-refractivity contribution in [3.63, 3.8) is 0 Å². The molecule has 1 aromatic heterocycles. The van der Waals surface area contributed by atoms with E-state index in [4.69, 9.17) is 4.74 Å². The molecule has 2 rings (SSSR count). The van der Waals surface area contributed by atoms with Crippen LogP contribution >= 0.6 is 0 Å². The van der Waals surface area contributed by atoms with Crippen molar-refractivity contribution in [3.8, 4) is 5.69 Å². The normalized spacial score (nSPS) is 13.5. The summed E-state index contributed by atoms with van der Waals surface area (Å²) in [5.74, 6) is 0.754. The Morgan fingerprint density at radius 2 is 1.93 bits per heavy atom. The molecule has 1 heterocycles. The Hall–Kier alpha value is -2.34. The molecule has 0 radical (unpaired) electrons. The van der Waals surface area contributed by atoms with Gasteiger partial charge in [-0.05, 0) is 37.0 Å². The molecular weight excluding hydrogens is 338 g/mol. The molecule has 1 aromatic carbocycles. The Bertz CT molecular complexity index is 773. The van der Waals surface area contributed by atoms with Crippen molar-refractivity contribution in [3.05, 3.63) is 47.3 Å². The Kier molecular flexibility index (Phi) is 7.02. The Morgan fingerprint density at radius 1 is 1.22 bits per heavy atom. The molecule has 2 aromatic rings. The van der Waals surface area contributed by atoms with Crippen molar-refractivity contribution < 1.29 is 4.74 Å². The van der Waals surface area contributed by atoms with Crippen molar-refractivity contribution >= 4 is 5.96 Å². The summed E-state index contributed by atoms with van der Waals surface area (Å²) in [6, 6.07) is 10.4. The van der Waals surface area contributed by atoms with Gasteiger partial charge in [-0.1, -0.05) is 39.0 Å². The zero-order valence-electron chi connectivity index (χ0n) is 17.6. The number of methoxy groups -OCH3 is 1. The Morgan fingerprint density at radius 3 is 2.48 bits per heavy atom. The summed E-state index contributed by atoms with van der Waals surface area (Å²) >= 11 is 0. The van der Waals surface area contributed by atoms with Gasteiger partial charge < -0.3 is 15.4 Å². The van der Waals surface area contributed by atoms with Gasteiger partial charge in [-0.25, -0.2) is 4.68 Å². The molecule has 1 atom stereocenters. The van der Waals surface area contributed by atoms with Gasteiger partial charge >= 0.3 is 0 Å². The SMILES string of the molecule is CN=C(NCc1ccccc1-n1nc(C)cc1C)NCC(OC)C(C)(C)C. The van der Waals surface area contributed by atoms with Crippen LogP contribution in [0.25, 0.3) is 5.69 Å². The third-order valence-corrected chi connectivity index (χ3v) is 4.60. The maximum Gasteiger partial charge on any atom is 0.191 e. The quantitative estimate of drug-likeness (QED) is 0.605. The van der Waals surface area contributed by atoms with E-state index in [0.29, 0.717) is 13.1 Å². The zero-order chi connectivity index (χ0) is 20.0. The topological polar surface area (TPSA) is 63.5 Å². The summed E-state index contributed by atoms with van der Waals surface area (Å²) in [4.78, 5) is 4.33.